The van der Waals surface area contributed by atoms with Gasteiger partial charge >= 0.3 is 0 Å². The zero-order chi connectivity index (χ0) is 20.3. The average molecular weight is 397 g/mol. The molecule has 0 saturated heterocycles. The summed E-state index contributed by atoms with van der Waals surface area (Å²) in [5.41, 5.74) is 4.43. The molecule has 0 aliphatic carbocycles. The molecule has 3 rings (SSSR count). The van der Waals surface area contributed by atoms with Gasteiger partial charge in [-0.1, -0.05) is 24.3 Å². The number of nitrogens with one attached hydrogen (secondary N) is 2. The second-order valence-electron chi connectivity index (χ2n) is 5.98. The van der Waals surface area contributed by atoms with Crippen LogP contribution in [0.1, 0.15) is 11.3 Å². The van der Waals surface area contributed by atoms with Crippen LogP contribution in [0.3, 0.4) is 0 Å². The molecule has 0 radical (unpaired) electrons. The van der Waals surface area contributed by atoms with Crippen molar-refractivity contribution < 1.29 is 10.2 Å². The van der Waals surface area contributed by atoms with Gasteiger partial charge in [0.25, 0.3) is 5.56 Å². The number of aromatic nitrogens is 2. The third-order valence-corrected chi connectivity index (χ3v) is 4.40. The van der Waals surface area contributed by atoms with Gasteiger partial charge in [-0.05, 0) is 43.4 Å². The van der Waals surface area contributed by atoms with E-state index in [4.69, 9.17) is 12.2 Å². The maximum atomic E-state index is 12.8. The van der Waals surface area contributed by atoms with Crippen LogP contribution in [0.4, 0.5) is 5.69 Å². The molecule has 28 heavy (non-hydrogen) atoms. The number of rotatable bonds is 4. The SMILES string of the molecule is Cc1c(NC(=S)N/N=C/c2cccc(O)c2O)c(=O)n(-c2ccccc2)n1C. The van der Waals surface area contributed by atoms with Gasteiger partial charge < -0.3 is 15.5 Å². The number of benzene rings is 2. The molecule has 0 aliphatic rings. The number of anilines is 1. The van der Waals surface area contributed by atoms with E-state index < -0.39 is 0 Å². The number of hydrogen-bond acceptors (Lipinski definition) is 5. The highest BCUT2D eigenvalue weighted by molar-refractivity contribution is 7.80. The molecule has 2 aromatic carbocycles. The minimum atomic E-state index is -0.281. The molecule has 0 spiro atoms. The van der Waals surface area contributed by atoms with Crippen molar-refractivity contribution in [3.05, 3.63) is 70.1 Å². The molecule has 9 heteroatoms. The number of phenolic OH excluding ortho intramolecular Hbond substituents is 2. The molecule has 144 valence electrons. The molecular formula is C19H19N5O3S. The van der Waals surface area contributed by atoms with E-state index >= 15 is 0 Å². The monoisotopic (exact) mass is 397 g/mol. The third kappa shape index (κ3) is 3.74. The minimum Gasteiger partial charge on any atom is -0.504 e. The third-order valence-electron chi connectivity index (χ3n) is 4.21. The van der Waals surface area contributed by atoms with Gasteiger partial charge in [-0.15, -0.1) is 0 Å². The molecule has 1 heterocycles. The Kier molecular flexibility index (Phi) is 5.46. The number of nitrogens with zero attached hydrogens (tertiary/aromatic N) is 3. The van der Waals surface area contributed by atoms with Crippen LogP contribution in [-0.2, 0) is 7.05 Å². The number of hydrazone groups is 1. The molecule has 0 unspecified atom stereocenters. The first-order chi connectivity index (χ1) is 13.4. The lowest BCUT2D eigenvalue weighted by Crippen LogP contribution is -2.28. The van der Waals surface area contributed by atoms with Crippen LogP contribution < -0.4 is 16.3 Å². The summed E-state index contributed by atoms with van der Waals surface area (Å²) in [6.07, 6.45) is 1.31. The molecule has 3 aromatic rings. The summed E-state index contributed by atoms with van der Waals surface area (Å²) in [5, 5.41) is 26.1. The Bertz CT molecular complexity index is 1100. The Morgan fingerprint density at radius 3 is 2.57 bits per heavy atom. The van der Waals surface area contributed by atoms with Gasteiger partial charge in [-0.2, -0.15) is 5.10 Å². The lowest BCUT2D eigenvalue weighted by molar-refractivity contribution is 0.403. The number of aromatic hydroxyl groups is 2. The molecule has 0 aliphatic heterocycles. The number of thiocarbonyl (C=S) groups is 1. The molecule has 0 fully saturated rings. The predicted molar refractivity (Wildman–Crippen MR) is 112 cm³/mol. The van der Waals surface area contributed by atoms with Gasteiger partial charge in [-0.3, -0.25) is 14.9 Å². The smallest absolute Gasteiger partial charge is 0.295 e. The van der Waals surface area contributed by atoms with Gasteiger partial charge in [0, 0.05) is 12.6 Å². The second-order valence-corrected chi connectivity index (χ2v) is 6.38. The van der Waals surface area contributed by atoms with Crippen molar-refractivity contribution in [1.29, 1.82) is 0 Å². The van der Waals surface area contributed by atoms with E-state index in [1.807, 2.05) is 30.3 Å². The minimum absolute atomic E-state index is 0.113. The van der Waals surface area contributed by atoms with Gasteiger partial charge in [0.2, 0.25) is 0 Å². The summed E-state index contributed by atoms with van der Waals surface area (Å²) in [4.78, 5) is 12.8. The van der Waals surface area contributed by atoms with E-state index in [0.717, 1.165) is 5.69 Å². The molecule has 0 saturated carbocycles. The fraction of sp³-hybridized carbons (Fsp3) is 0.105. The van der Waals surface area contributed by atoms with Crippen LogP contribution in [-0.4, -0.2) is 30.9 Å². The van der Waals surface area contributed by atoms with Crippen LogP contribution >= 0.6 is 12.2 Å². The van der Waals surface area contributed by atoms with Crippen molar-refractivity contribution in [2.24, 2.45) is 12.1 Å². The van der Waals surface area contributed by atoms with Gasteiger partial charge in [-0.25, -0.2) is 4.68 Å². The van der Waals surface area contributed by atoms with Crippen LogP contribution in [0.2, 0.25) is 0 Å². The Morgan fingerprint density at radius 2 is 1.86 bits per heavy atom. The quantitative estimate of drug-likeness (QED) is 0.233. The van der Waals surface area contributed by atoms with E-state index in [0.29, 0.717) is 16.9 Å². The topological polar surface area (TPSA) is 104 Å². The summed E-state index contributed by atoms with van der Waals surface area (Å²) in [6, 6.07) is 13.8. The largest absolute Gasteiger partial charge is 0.504 e. The molecule has 4 N–H and O–H groups in total. The Balaban J connectivity index is 1.77. The highest BCUT2D eigenvalue weighted by Crippen LogP contribution is 2.26. The van der Waals surface area contributed by atoms with E-state index in [9.17, 15) is 15.0 Å². The van der Waals surface area contributed by atoms with E-state index in [1.54, 1.807) is 30.8 Å². The number of para-hydroxylation sites is 2. The Hall–Kier alpha value is -3.59. The summed E-state index contributed by atoms with van der Waals surface area (Å²) in [6.45, 7) is 1.81. The fourth-order valence-corrected chi connectivity index (χ4v) is 2.82. The van der Waals surface area contributed by atoms with E-state index in [2.05, 4.69) is 15.8 Å². The zero-order valence-electron chi connectivity index (χ0n) is 15.2. The lowest BCUT2D eigenvalue weighted by Gasteiger charge is -2.07. The first-order valence-corrected chi connectivity index (χ1v) is 8.76. The lowest BCUT2D eigenvalue weighted by atomic mass is 10.2. The molecular weight excluding hydrogens is 378 g/mol. The second kappa shape index (κ2) is 7.97. The van der Waals surface area contributed by atoms with E-state index in [-0.39, 0.29) is 22.2 Å². The van der Waals surface area contributed by atoms with Gasteiger partial charge in [0.05, 0.1) is 17.6 Å². The average Bonchev–Trinajstić information content (AvgIpc) is 2.89. The summed E-state index contributed by atoms with van der Waals surface area (Å²) >= 11 is 5.19. The maximum absolute atomic E-state index is 12.8. The van der Waals surface area contributed by atoms with Crippen molar-refractivity contribution in [1.82, 2.24) is 14.8 Å². The molecule has 0 amide bonds. The van der Waals surface area contributed by atoms with Gasteiger partial charge in [0.1, 0.15) is 5.69 Å². The number of phenols is 2. The zero-order valence-corrected chi connectivity index (χ0v) is 16.1. The molecule has 0 bridgehead atoms. The van der Waals surface area contributed by atoms with Gasteiger partial charge in [0.15, 0.2) is 16.6 Å². The Labute approximate surface area is 166 Å². The van der Waals surface area contributed by atoms with Crippen LogP contribution in [0.5, 0.6) is 11.5 Å². The molecule has 8 nitrogen and oxygen atoms in total. The first kappa shape index (κ1) is 19.2. The van der Waals surface area contributed by atoms with Crippen LogP contribution in [0.15, 0.2) is 58.4 Å². The maximum Gasteiger partial charge on any atom is 0.295 e. The van der Waals surface area contributed by atoms with E-state index in [1.165, 1.54) is 17.0 Å². The Morgan fingerprint density at radius 1 is 1.14 bits per heavy atom. The summed E-state index contributed by atoms with van der Waals surface area (Å²) in [5.74, 6) is -0.525. The normalized spacial score (nSPS) is 10.9. The molecule has 0 atom stereocenters. The number of hydrogen-bond donors (Lipinski definition) is 4. The van der Waals surface area contributed by atoms with Crippen molar-refractivity contribution in [2.45, 2.75) is 6.92 Å². The highest BCUT2D eigenvalue weighted by Gasteiger charge is 2.16. The van der Waals surface area contributed by atoms with Crippen molar-refractivity contribution in [3.8, 4) is 17.2 Å². The van der Waals surface area contributed by atoms with Crippen molar-refractivity contribution in [3.63, 3.8) is 0 Å². The summed E-state index contributed by atoms with van der Waals surface area (Å²) in [7, 11) is 1.79. The molecule has 1 aromatic heterocycles. The highest BCUT2D eigenvalue weighted by atomic mass is 32.1. The van der Waals surface area contributed by atoms with Crippen molar-refractivity contribution in [2.75, 3.05) is 5.32 Å². The fourth-order valence-electron chi connectivity index (χ4n) is 2.67. The van der Waals surface area contributed by atoms with Crippen molar-refractivity contribution >= 4 is 29.2 Å². The standard InChI is InChI=1S/C19H19N5O3S/c1-12-16(18(27)24(23(12)2)14-8-4-3-5-9-14)21-19(28)22-20-11-13-7-6-10-15(25)17(13)26/h3-11,25-26H,1-2H3,(H2,21,22,28)/b20-11+. The van der Waals surface area contributed by atoms with Crippen LogP contribution in [0, 0.1) is 6.92 Å². The first-order valence-electron chi connectivity index (χ1n) is 8.35. The van der Waals surface area contributed by atoms with Crippen LogP contribution in [0.25, 0.3) is 5.69 Å². The summed E-state index contributed by atoms with van der Waals surface area (Å²) < 4.78 is 3.27. The predicted octanol–water partition coefficient (Wildman–Crippen LogP) is 2.22.